The molecule has 1 aromatic heterocycles. The Morgan fingerprint density at radius 3 is 2.80 bits per heavy atom. The van der Waals surface area contributed by atoms with Crippen LogP contribution in [0.25, 0.3) is 11.4 Å². The van der Waals surface area contributed by atoms with E-state index >= 15 is 0 Å². The summed E-state index contributed by atoms with van der Waals surface area (Å²) in [5, 5.41) is 7.56. The summed E-state index contributed by atoms with van der Waals surface area (Å²) in [5.41, 5.74) is 2.68. The molecule has 4 rings (SSSR count). The summed E-state index contributed by atoms with van der Waals surface area (Å²) >= 11 is 0. The summed E-state index contributed by atoms with van der Waals surface area (Å²) in [6.07, 6.45) is 2.43. The molecule has 0 bridgehead atoms. The van der Waals surface area contributed by atoms with E-state index in [1.165, 1.54) is 18.4 Å². The maximum absolute atomic E-state index is 5.47. The summed E-state index contributed by atoms with van der Waals surface area (Å²) in [5.74, 6) is 2.00. The van der Waals surface area contributed by atoms with Gasteiger partial charge in [-0.3, -0.25) is 0 Å². The number of hydrogen-bond acceptors (Lipinski definition) is 4. The molecule has 1 aliphatic heterocycles. The largest absolute Gasteiger partial charge is 0.339 e. The molecule has 1 saturated carbocycles. The van der Waals surface area contributed by atoms with Crippen molar-refractivity contribution < 1.29 is 4.52 Å². The van der Waals surface area contributed by atoms with Gasteiger partial charge in [0.1, 0.15) is 0 Å². The Balaban J connectivity index is 0.00000121. The van der Waals surface area contributed by atoms with Crippen LogP contribution in [-0.2, 0) is 0 Å². The van der Waals surface area contributed by atoms with E-state index in [9.17, 15) is 0 Å². The van der Waals surface area contributed by atoms with Gasteiger partial charge < -0.3 is 9.84 Å². The van der Waals surface area contributed by atoms with E-state index in [0.29, 0.717) is 17.2 Å². The molecule has 4 nitrogen and oxygen atoms in total. The van der Waals surface area contributed by atoms with Gasteiger partial charge >= 0.3 is 0 Å². The van der Waals surface area contributed by atoms with Crippen LogP contribution in [0.3, 0.4) is 0 Å². The summed E-state index contributed by atoms with van der Waals surface area (Å²) in [6, 6.07) is 8.24. The van der Waals surface area contributed by atoms with Gasteiger partial charge in [-0.25, -0.2) is 0 Å². The monoisotopic (exact) mass is 291 g/mol. The van der Waals surface area contributed by atoms with Crippen molar-refractivity contribution in [2.45, 2.75) is 25.7 Å². The molecule has 106 valence electrons. The lowest BCUT2D eigenvalue weighted by Gasteiger charge is -2.02. The van der Waals surface area contributed by atoms with Crippen molar-refractivity contribution in [2.75, 3.05) is 13.1 Å². The highest BCUT2D eigenvalue weighted by Gasteiger charge is 2.58. The average Bonchev–Trinajstić information content (AvgIpc) is 2.82. The van der Waals surface area contributed by atoms with E-state index in [4.69, 9.17) is 4.52 Å². The predicted octanol–water partition coefficient (Wildman–Crippen LogP) is 2.93. The second-order valence-corrected chi connectivity index (χ2v) is 5.87. The van der Waals surface area contributed by atoms with Crippen molar-refractivity contribution in [1.29, 1.82) is 0 Å². The van der Waals surface area contributed by atoms with Gasteiger partial charge in [-0.1, -0.05) is 35.0 Å². The Labute approximate surface area is 124 Å². The molecule has 5 heteroatoms. The van der Waals surface area contributed by atoms with Crippen LogP contribution < -0.4 is 5.32 Å². The molecule has 2 aromatic rings. The zero-order chi connectivity index (χ0) is 12.9. The van der Waals surface area contributed by atoms with Gasteiger partial charge in [-0.2, -0.15) is 4.98 Å². The molecule has 1 aliphatic carbocycles. The number of hydrogen-bond donors (Lipinski definition) is 1. The molecule has 0 amide bonds. The van der Waals surface area contributed by atoms with Crippen LogP contribution in [0.15, 0.2) is 28.8 Å². The van der Waals surface area contributed by atoms with Crippen LogP contribution >= 0.6 is 12.4 Å². The summed E-state index contributed by atoms with van der Waals surface area (Å²) < 4.78 is 5.47. The molecule has 2 fully saturated rings. The maximum Gasteiger partial charge on any atom is 0.230 e. The minimum Gasteiger partial charge on any atom is -0.339 e. The van der Waals surface area contributed by atoms with E-state index in [1.807, 2.05) is 12.1 Å². The first kappa shape index (κ1) is 13.6. The first-order valence-electron chi connectivity index (χ1n) is 6.88. The molecular formula is C15H18ClN3O. The molecule has 2 heterocycles. The third kappa shape index (κ3) is 2.13. The number of aryl methyl sites for hydroxylation is 1. The third-order valence-corrected chi connectivity index (χ3v) is 4.52. The highest BCUT2D eigenvalue weighted by Crippen LogP contribution is 2.62. The van der Waals surface area contributed by atoms with Gasteiger partial charge in [0.15, 0.2) is 0 Å². The molecular weight excluding hydrogens is 274 g/mol. The Morgan fingerprint density at radius 2 is 2.10 bits per heavy atom. The quantitative estimate of drug-likeness (QED) is 0.924. The van der Waals surface area contributed by atoms with Gasteiger partial charge in [-0.15, -0.1) is 12.4 Å². The van der Waals surface area contributed by atoms with Crippen LogP contribution in [-0.4, -0.2) is 23.2 Å². The number of benzene rings is 1. The SMILES string of the molecule is Cc1ccc(-c2noc(C3CC34CCNC4)n2)cc1.Cl. The topological polar surface area (TPSA) is 51.0 Å². The molecule has 1 saturated heterocycles. The van der Waals surface area contributed by atoms with Crippen molar-refractivity contribution in [2.24, 2.45) is 5.41 Å². The highest BCUT2D eigenvalue weighted by molar-refractivity contribution is 5.85. The number of nitrogens with zero attached hydrogens (tertiary/aromatic N) is 2. The Kier molecular flexibility index (Phi) is 3.30. The first-order valence-corrected chi connectivity index (χ1v) is 6.88. The molecule has 2 unspecified atom stereocenters. The van der Waals surface area contributed by atoms with Crippen molar-refractivity contribution in [3.63, 3.8) is 0 Å². The molecule has 1 aromatic carbocycles. The zero-order valence-corrected chi connectivity index (χ0v) is 12.2. The van der Waals surface area contributed by atoms with Crippen LogP contribution in [0.4, 0.5) is 0 Å². The van der Waals surface area contributed by atoms with Gasteiger partial charge in [0, 0.05) is 18.0 Å². The van der Waals surface area contributed by atoms with Crippen molar-refractivity contribution in [3.8, 4) is 11.4 Å². The second kappa shape index (κ2) is 4.86. The van der Waals surface area contributed by atoms with Crippen molar-refractivity contribution >= 4 is 12.4 Å². The molecule has 20 heavy (non-hydrogen) atoms. The lowest BCUT2D eigenvalue weighted by Crippen LogP contribution is -2.10. The van der Waals surface area contributed by atoms with E-state index in [1.54, 1.807) is 0 Å². The van der Waals surface area contributed by atoms with Gasteiger partial charge in [-0.05, 0) is 31.7 Å². The number of aromatic nitrogens is 2. The smallest absolute Gasteiger partial charge is 0.230 e. The molecule has 2 atom stereocenters. The zero-order valence-electron chi connectivity index (χ0n) is 11.4. The van der Waals surface area contributed by atoms with E-state index < -0.39 is 0 Å². The standard InChI is InChI=1S/C15H17N3O.ClH/c1-10-2-4-11(5-3-10)13-17-14(19-18-13)12-8-15(12)6-7-16-9-15;/h2-5,12,16H,6-9H2,1H3;1H. The fourth-order valence-electron chi connectivity index (χ4n) is 3.13. The highest BCUT2D eigenvalue weighted by atomic mass is 35.5. The van der Waals surface area contributed by atoms with Crippen molar-refractivity contribution in [1.82, 2.24) is 15.5 Å². The Bertz CT molecular complexity index is 602. The maximum atomic E-state index is 5.47. The first-order chi connectivity index (χ1) is 9.27. The Morgan fingerprint density at radius 1 is 1.30 bits per heavy atom. The third-order valence-electron chi connectivity index (χ3n) is 4.52. The van der Waals surface area contributed by atoms with Crippen LogP contribution in [0, 0.1) is 12.3 Å². The lowest BCUT2D eigenvalue weighted by atomic mass is 10.0. The normalized spacial score (nSPS) is 27.6. The predicted molar refractivity (Wildman–Crippen MR) is 79.0 cm³/mol. The van der Waals surface area contributed by atoms with Gasteiger partial charge in [0.05, 0.1) is 0 Å². The van der Waals surface area contributed by atoms with E-state index in [0.717, 1.165) is 24.5 Å². The van der Waals surface area contributed by atoms with E-state index in [-0.39, 0.29) is 12.4 Å². The van der Waals surface area contributed by atoms with Crippen LogP contribution in [0.5, 0.6) is 0 Å². The summed E-state index contributed by atoms with van der Waals surface area (Å²) in [6.45, 7) is 4.29. The molecule has 1 N–H and O–H groups in total. The average molecular weight is 292 g/mol. The minimum atomic E-state index is 0. The summed E-state index contributed by atoms with van der Waals surface area (Å²) in [7, 11) is 0. The molecule has 1 spiro atoms. The minimum absolute atomic E-state index is 0. The lowest BCUT2D eigenvalue weighted by molar-refractivity contribution is 0.364. The number of nitrogens with one attached hydrogen (secondary N) is 1. The fraction of sp³-hybridized carbons (Fsp3) is 0.467. The second-order valence-electron chi connectivity index (χ2n) is 5.87. The van der Waals surface area contributed by atoms with Crippen LogP contribution in [0.1, 0.15) is 30.2 Å². The number of rotatable bonds is 2. The molecule has 2 aliphatic rings. The van der Waals surface area contributed by atoms with Gasteiger partial charge in [0.2, 0.25) is 11.7 Å². The molecule has 0 radical (unpaired) electrons. The van der Waals surface area contributed by atoms with E-state index in [2.05, 4.69) is 34.5 Å². The van der Waals surface area contributed by atoms with Gasteiger partial charge in [0.25, 0.3) is 0 Å². The summed E-state index contributed by atoms with van der Waals surface area (Å²) in [4.78, 5) is 4.59. The van der Waals surface area contributed by atoms with Crippen molar-refractivity contribution in [3.05, 3.63) is 35.7 Å². The fourth-order valence-corrected chi connectivity index (χ4v) is 3.13. The Hall–Kier alpha value is -1.39. The number of halogens is 1. The van der Waals surface area contributed by atoms with Crippen LogP contribution in [0.2, 0.25) is 0 Å².